The molecule has 0 radical (unpaired) electrons. The molecule has 1 aromatic heterocycles. The highest BCUT2D eigenvalue weighted by Crippen LogP contribution is 2.44. The topological polar surface area (TPSA) is 42.4 Å². The Morgan fingerprint density at radius 3 is 2.75 bits per heavy atom. The fourth-order valence-electron chi connectivity index (χ4n) is 2.38. The Hall–Kier alpha value is -2.07. The molecule has 0 bridgehead atoms. The Kier molecular flexibility index (Phi) is 3.32. The van der Waals surface area contributed by atoms with E-state index in [4.69, 9.17) is 10.3 Å². The number of hydrogen-bond acceptors (Lipinski definition) is 3. The van der Waals surface area contributed by atoms with Crippen molar-refractivity contribution in [1.29, 1.82) is 0 Å². The summed E-state index contributed by atoms with van der Waals surface area (Å²) in [7, 11) is 1.72. The molecule has 0 aliphatic heterocycles. The molecule has 3 rings (SSSR count). The molecular weight excluding hydrogens is 255 g/mol. The summed E-state index contributed by atoms with van der Waals surface area (Å²) in [6.07, 6.45) is 7.68. The largest absolute Gasteiger partial charge is 0.465 e. The Bertz CT molecular complexity index is 605. The van der Waals surface area contributed by atoms with Gasteiger partial charge in [-0.3, -0.25) is 0 Å². The quantitative estimate of drug-likeness (QED) is 0.680. The molecule has 1 aromatic carbocycles. The molecule has 1 heterocycles. The Morgan fingerprint density at radius 2 is 2.15 bits per heavy atom. The minimum absolute atomic E-state index is 0.241. The van der Waals surface area contributed by atoms with Crippen LogP contribution >= 0.6 is 0 Å². The average molecular weight is 272 g/mol. The Morgan fingerprint density at radius 1 is 1.35 bits per heavy atom. The van der Waals surface area contributed by atoms with E-state index in [9.17, 15) is 4.39 Å². The maximum Gasteiger partial charge on any atom is 0.126 e. The van der Waals surface area contributed by atoms with Crippen molar-refractivity contribution in [2.45, 2.75) is 18.8 Å². The number of hydrazine groups is 1. The maximum absolute atomic E-state index is 13.7. The van der Waals surface area contributed by atoms with E-state index in [1.54, 1.807) is 19.4 Å². The van der Waals surface area contributed by atoms with Gasteiger partial charge in [0, 0.05) is 12.6 Å². The number of anilines is 1. The van der Waals surface area contributed by atoms with Crippen LogP contribution in [0.1, 0.15) is 35.6 Å². The van der Waals surface area contributed by atoms with E-state index in [2.05, 4.69) is 0 Å². The summed E-state index contributed by atoms with van der Waals surface area (Å²) in [6.45, 7) is 0. The second kappa shape index (κ2) is 5.13. The third-order valence-corrected chi connectivity index (χ3v) is 3.51. The molecule has 104 valence electrons. The average Bonchev–Trinajstić information content (AvgIpc) is 3.13. The summed E-state index contributed by atoms with van der Waals surface area (Å²) in [5, 5.41) is 1.46. The summed E-state index contributed by atoms with van der Waals surface area (Å²) >= 11 is 0. The number of rotatable bonds is 4. The van der Waals surface area contributed by atoms with Gasteiger partial charge in [0.15, 0.2) is 0 Å². The van der Waals surface area contributed by atoms with Gasteiger partial charge in [0.25, 0.3) is 0 Å². The number of benzene rings is 1. The monoisotopic (exact) mass is 272 g/mol. The Labute approximate surface area is 117 Å². The molecule has 0 atom stereocenters. The van der Waals surface area contributed by atoms with Crippen molar-refractivity contribution in [2.24, 2.45) is 5.84 Å². The molecule has 0 amide bonds. The summed E-state index contributed by atoms with van der Waals surface area (Å²) in [6, 6.07) is 6.80. The SMILES string of the molecule is CN(N)c1cc(F)cc(C2CC2)c1/C=C/c1ccco1. The molecule has 2 N–H and O–H groups in total. The van der Waals surface area contributed by atoms with E-state index in [1.165, 1.54) is 11.1 Å². The van der Waals surface area contributed by atoms with Crippen LogP contribution in [0.4, 0.5) is 10.1 Å². The highest BCUT2D eigenvalue weighted by Gasteiger charge is 2.27. The van der Waals surface area contributed by atoms with Gasteiger partial charge < -0.3 is 9.43 Å². The minimum Gasteiger partial charge on any atom is -0.465 e. The van der Waals surface area contributed by atoms with Gasteiger partial charge in [0.05, 0.1) is 12.0 Å². The lowest BCUT2D eigenvalue weighted by atomic mass is 10.00. The molecular formula is C16H17FN2O. The predicted molar refractivity (Wildman–Crippen MR) is 78.6 cm³/mol. The first-order valence-electron chi connectivity index (χ1n) is 6.68. The van der Waals surface area contributed by atoms with Crippen LogP contribution < -0.4 is 10.9 Å². The number of nitrogens with zero attached hydrogens (tertiary/aromatic N) is 1. The number of nitrogens with two attached hydrogens (primary N) is 1. The molecule has 0 spiro atoms. The van der Waals surface area contributed by atoms with Gasteiger partial charge >= 0.3 is 0 Å². The summed E-state index contributed by atoms with van der Waals surface area (Å²) in [5.74, 6) is 6.80. The van der Waals surface area contributed by atoms with E-state index in [0.29, 0.717) is 11.6 Å². The van der Waals surface area contributed by atoms with Crippen LogP contribution in [-0.2, 0) is 0 Å². The molecule has 0 unspecified atom stereocenters. The number of halogens is 1. The second-order valence-electron chi connectivity index (χ2n) is 5.16. The van der Waals surface area contributed by atoms with E-state index in [1.807, 2.05) is 24.3 Å². The second-order valence-corrected chi connectivity index (χ2v) is 5.16. The normalized spacial score (nSPS) is 14.9. The first-order valence-corrected chi connectivity index (χ1v) is 6.68. The standard InChI is InChI=1S/C16H17FN2O/c1-19(18)16-10-12(17)9-15(11-4-5-11)14(16)7-6-13-3-2-8-20-13/h2-3,6-11H,4-5,18H2,1H3/b7-6+. The number of furan rings is 1. The van der Waals surface area contributed by atoms with Crippen LogP contribution in [0.3, 0.4) is 0 Å². The van der Waals surface area contributed by atoms with Crippen molar-refractivity contribution >= 4 is 17.8 Å². The zero-order valence-electron chi connectivity index (χ0n) is 11.3. The van der Waals surface area contributed by atoms with Gasteiger partial charge in [-0.1, -0.05) is 0 Å². The van der Waals surface area contributed by atoms with Gasteiger partial charge in [0.1, 0.15) is 11.6 Å². The minimum atomic E-state index is -0.241. The van der Waals surface area contributed by atoms with Crippen LogP contribution in [0.25, 0.3) is 12.2 Å². The molecule has 2 aromatic rings. The van der Waals surface area contributed by atoms with Crippen molar-refractivity contribution in [3.8, 4) is 0 Å². The highest BCUT2D eigenvalue weighted by atomic mass is 19.1. The molecule has 0 saturated heterocycles. The van der Waals surface area contributed by atoms with Gasteiger partial charge in [-0.25, -0.2) is 10.2 Å². The predicted octanol–water partition coefficient (Wildman–Crippen LogP) is 3.78. The summed E-state index contributed by atoms with van der Waals surface area (Å²) in [5.41, 5.74) is 2.69. The van der Waals surface area contributed by atoms with Gasteiger partial charge in [-0.15, -0.1) is 0 Å². The zero-order chi connectivity index (χ0) is 14.1. The van der Waals surface area contributed by atoms with Crippen molar-refractivity contribution in [1.82, 2.24) is 0 Å². The molecule has 1 aliphatic rings. The third kappa shape index (κ3) is 2.60. The van der Waals surface area contributed by atoms with E-state index >= 15 is 0 Å². The summed E-state index contributed by atoms with van der Waals surface area (Å²) in [4.78, 5) is 0. The van der Waals surface area contributed by atoms with Crippen LogP contribution in [-0.4, -0.2) is 7.05 Å². The lowest BCUT2D eigenvalue weighted by molar-refractivity contribution is 0.557. The van der Waals surface area contributed by atoms with E-state index in [0.717, 1.165) is 29.7 Å². The Balaban J connectivity index is 2.06. The number of hydrogen-bond donors (Lipinski definition) is 1. The van der Waals surface area contributed by atoms with Crippen molar-refractivity contribution < 1.29 is 8.81 Å². The van der Waals surface area contributed by atoms with Crippen LogP contribution in [0.2, 0.25) is 0 Å². The van der Waals surface area contributed by atoms with E-state index < -0.39 is 0 Å². The van der Waals surface area contributed by atoms with Crippen molar-refractivity contribution in [3.05, 3.63) is 53.2 Å². The van der Waals surface area contributed by atoms with Crippen LogP contribution in [0.5, 0.6) is 0 Å². The molecule has 4 heteroatoms. The molecule has 3 nitrogen and oxygen atoms in total. The molecule has 1 aliphatic carbocycles. The molecule has 1 fully saturated rings. The molecule has 20 heavy (non-hydrogen) atoms. The van der Waals surface area contributed by atoms with E-state index in [-0.39, 0.29) is 5.82 Å². The van der Waals surface area contributed by atoms with Crippen LogP contribution in [0.15, 0.2) is 34.9 Å². The molecule has 1 saturated carbocycles. The maximum atomic E-state index is 13.7. The van der Waals surface area contributed by atoms with Gasteiger partial charge in [0.2, 0.25) is 0 Å². The van der Waals surface area contributed by atoms with Gasteiger partial charge in [-0.2, -0.15) is 0 Å². The third-order valence-electron chi connectivity index (χ3n) is 3.51. The first kappa shape index (κ1) is 12.9. The highest BCUT2D eigenvalue weighted by molar-refractivity contribution is 5.78. The lowest BCUT2D eigenvalue weighted by Gasteiger charge is -2.18. The van der Waals surface area contributed by atoms with Crippen molar-refractivity contribution in [3.63, 3.8) is 0 Å². The fourth-order valence-corrected chi connectivity index (χ4v) is 2.38. The first-order chi connectivity index (χ1) is 9.65. The van der Waals surface area contributed by atoms with Crippen molar-refractivity contribution in [2.75, 3.05) is 12.1 Å². The lowest BCUT2D eigenvalue weighted by Crippen LogP contribution is -2.26. The zero-order valence-corrected chi connectivity index (χ0v) is 11.3. The summed E-state index contributed by atoms with van der Waals surface area (Å²) < 4.78 is 19.0. The van der Waals surface area contributed by atoms with Crippen LogP contribution in [0, 0.1) is 5.82 Å². The van der Waals surface area contributed by atoms with Gasteiger partial charge in [-0.05, 0) is 60.7 Å². The smallest absolute Gasteiger partial charge is 0.126 e. The fraction of sp³-hybridized carbons (Fsp3) is 0.250.